The van der Waals surface area contributed by atoms with E-state index in [4.69, 9.17) is 0 Å². The van der Waals surface area contributed by atoms with Gasteiger partial charge in [-0.2, -0.15) is 12.6 Å². The fraction of sp³-hybridized carbons (Fsp3) is 0.278. The summed E-state index contributed by atoms with van der Waals surface area (Å²) in [5.74, 6) is -0.0502. The van der Waals surface area contributed by atoms with E-state index < -0.39 is 0 Å². The maximum Gasteiger partial charge on any atom is 0.237 e. The van der Waals surface area contributed by atoms with Gasteiger partial charge >= 0.3 is 0 Å². The van der Waals surface area contributed by atoms with Crippen LogP contribution in [-0.2, 0) is 17.6 Å². The number of carbonyl (C=O) groups is 1. The molecule has 1 amide bonds. The fourth-order valence-corrected chi connectivity index (χ4v) is 2.55. The Labute approximate surface area is 132 Å². The summed E-state index contributed by atoms with van der Waals surface area (Å²) < 4.78 is 0. The van der Waals surface area contributed by atoms with Crippen molar-refractivity contribution in [3.63, 3.8) is 0 Å². The van der Waals surface area contributed by atoms with Gasteiger partial charge in [0.15, 0.2) is 0 Å². The fourth-order valence-electron chi connectivity index (χ4n) is 2.28. The molecule has 2 rings (SSSR count). The Morgan fingerprint density at radius 1 is 1.10 bits per heavy atom. The first-order valence-corrected chi connectivity index (χ1v) is 7.83. The summed E-state index contributed by atoms with van der Waals surface area (Å²) in [7, 11) is 0. The maximum atomic E-state index is 12.3. The normalized spacial score (nSPS) is 11.9. The first-order chi connectivity index (χ1) is 10.2. The number of carbonyl (C=O) groups excluding carboxylic acids is 1. The van der Waals surface area contributed by atoms with Gasteiger partial charge in [-0.05, 0) is 30.0 Å². The zero-order valence-electron chi connectivity index (χ0n) is 12.3. The van der Waals surface area contributed by atoms with Crippen LogP contribution in [0.4, 0.5) is 5.69 Å². The maximum absolute atomic E-state index is 12.3. The van der Waals surface area contributed by atoms with E-state index in [1.807, 2.05) is 48.5 Å². The number of benzene rings is 2. The van der Waals surface area contributed by atoms with Crippen LogP contribution in [0.3, 0.4) is 0 Å². The monoisotopic (exact) mass is 299 g/mol. The second kappa shape index (κ2) is 7.89. The molecule has 0 saturated carbocycles. The van der Waals surface area contributed by atoms with Crippen LogP contribution in [0.25, 0.3) is 0 Å². The van der Waals surface area contributed by atoms with Gasteiger partial charge in [0.2, 0.25) is 5.91 Å². The van der Waals surface area contributed by atoms with E-state index in [-0.39, 0.29) is 11.2 Å². The average molecular weight is 299 g/mol. The largest absolute Gasteiger partial charge is 0.325 e. The van der Waals surface area contributed by atoms with Crippen LogP contribution >= 0.6 is 12.6 Å². The minimum Gasteiger partial charge on any atom is -0.325 e. The molecule has 0 aliphatic carbocycles. The summed E-state index contributed by atoms with van der Waals surface area (Å²) in [5.41, 5.74) is 3.19. The lowest BCUT2D eigenvalue weighted by Gasteiger charge is -2.14. The van der Waals surface area contributed by atoms with E-state index in [1.54, 1.807) is 0 Å². The van der Waals surface area contributed by atoms with Gasteiger partial charge in [0.25, 0.3) is 0 Å². The van der Waals surface area contributed by atoms with Gasteiger partial charge in [-0.1, -0.05) is 61.9 Å². The van der Waals surface area contributed by atoms with Crippen molar-refractivity contribution in [1.82, 2.24) is 0 Å². The zero-order valence-corrected chi connectivity index (χ0v) is 13.1. The molecule has 0 aromatic heterocycles. The molecule has 0 heterocycles. The van der Waals surface area contributed by atoms with Crippen LogP contribution in [0.2, 0.25) is 0 Å². The highest BCUT2D eigenvalue weighted by molar-refractivity contribution is 7.81. The Balaban J connectivity index is 2.01. The molecule has 21 heavy (non-hydrogen) atoms. The van der Waals surface area contributed by atoms with Gasteiger partial charge < -0.3 is 5.32 Å². The van der Waals surface area contributed by atoms with E-state index in [0.717, 1.165) is 24.1 Å². The molecule has 0 aliphatic rings. The molecule has 2 aromatic rings. The summed E-state index contributed by atoms with van der Waals surface area (Å²) in [4.78, 5) is 12.3. The summed E-state index contributed by atoms with van der Waals surface area (Å²) in [6.07, 6.45) is 2.65. The number of rotatable bonds is 6. The molecule has 0 radical (unpaired) electrons. The Morgan fingerprint density at radius 2 is 1.76 bits per heavy atom. The Kier molecular flexibility index (Phi) is 5.88. The average Bonchev–Trinajstić information content (AvgIpc) is 2.50. The molecular weight excluding hydrogens is 278 g/mol. The van der Waals surface area contributed by atoms with Gasteiger partial charge in [-0.25, -0.2) is 0 Å². The summed E-state index contributed by atoms with van der Waals surface area (Å²) in [6.45, 7) is 2.13. The van der Waals surface area contributed by atoms with E-state index in [9.17, 15) is 4.79 Å². The quantitative estimate of drug-likeness (QED) is 0.772. The molecule has 1 atom stereocenters. The standard InChI is InChI=1S/C18H21NOS/c1-2-8-15-11-6-7-12-16(15)19-18(20)17(21)13-14-9-4-3-5-10-14/h3-7,9-12,17,21H,2,8,13H2,1H3,(H,19,20). The van der Waals surface area contributed by atoms with Crippen molar-refractivity contribution in [3.8, 4) is 0 Å². The third kappa shape index (κ3) is 4.64. The zero-order chi connectivity index (χ0) is 15.1. The SMILES string of the molecule is CCCc1ccccc1NC(=O)C(S)Cc1ccccc1. The first kappa shape index (κ1) is 15.6. The molecule has 1 N–H and O–H groups in total. The molecule has 0 spiro atoms. The molecule has 0 aliphatic heterocycles. The van der Waals surface area contributed by atoms with Crippen LogP contribution in [0.5, 0.6) is 0 Å². The molecular formula is C18H21NOS. The molecule has 0 saturated heterocycles. The number of thiol groups is 1. The van der Waals surface area contributed by atoms with E-state index in [2.05, 4.69) is 30.9 Å². The molecule has 3 heteroatoms. The smallest absolute Gasteiger partial charge is 0.237 e. The number of hydrogen-bond donors (Lipinski definition) is 2. The lowest BCUT2D eigenvalue weighted by molar-refractivity contribution is -0.115. The van der Waals surface area contributed by atoms with Gasteiger partial charge in [0.05, 0.1) is 5.25 Å². The highest BCUT2D eigenvalue weighted by Gasteiger charge is 2.15. The lowest BCUT2D eigenvalue weighted by Crippen LogP contribution is -2.25. The molecule has 0 fully saturated rings. The second-order valence-corrected chi connectivity index (χ2v) is 5.73. The number of para-hydroxylation sites is 1. The number of amides is 1. The van der Waals surface area contributed by atoms with Crippen molar-refractivity contribution in [2.75, 3.05) is 5.32 Å². The minimum absolute atomic E-state index is 0.0502. The molecule has 0 bridgehead atoms. The highest BCUT2D eigenvalue weighted by atomic mass is 32.1. The van der Waals surface area contributed by atoms with Crippen molar-refractivity contribution >= 4 is 24.2 Å². The van der Waals surface area contributed by atoms with E-state index >= 15 is 0 Å². The minimum atomic E-state index is -0.345. The Morgan fingerprint density at radius 3 is 2.48 bits per heavy atom. The predicted octanol–water partition coefficient (Wildman–Crippen LogP) is 4.12. The molecule has 1 unspecified atom stereocenters. The second-order valence-electron chi connectivity index (χ2n) is 5.10. The van der Waals surface area contributed by atoms with E-state index in [0.29, 0.717) is 6.42 Å². The summed E-state index contributed by atoms with van der Waals surface area (Å²) in [6, 6.07) is 17.9. The Hall–Kier alpha value is -1.74. The summed E-state index contributed by atoms with van der Waals surface area (Å²) in [5, 5.41) is 2.65. The van der Waals surface area contributed by atoms with Gasteiger partial charge in [-0.3, -0.25) is 4.79 Å². The molecule has 2 nitrogen and oxygen atoms in total. The lowest BCUT2D eigenvalue weighted by atomic mass is 10.1. The van der Waals surface area contributed by atoms with Crippen molar-refractivity contribution in [2.24, 2.45) is 0 Å². The van der Waals surface area contributed by atoms with Gasteiger partial charge in [0.1, 0.15) is 0 Å². The van der Waals surface area contributed by atoms with Gasteiger partial charge in [-0.15, -0.1) is 0 Å². The van der Waals surface area contributed by atoms with Crippen LogP contribution < -0.4 is 5.32 Å². The molecule has 2 aromatic carbocycles. The first-order valence-electron chi connectivity index (χ1n) is 7.31. The van der Waals surface area contributed by atoms with Crippen molar-refractivity contribution in [1.29, 1.82) is 0 Å². The third-order valence-corrected chi connectivity index (χ3v) is 3.79. The van der Waals surface area contributed by atoms with Crippen LogP contribution in [-0.4, -0.2) is 11.2 Å². The van der Waals surface area contributed by atoms with Crippen LogP contribution in [0.1, 0.15) is 24.5 Å². The molecule has 110 valence electrons. The number of aryl methyl sites for hydroxylation is 1. The van der Waals surface area contributed by atoms with Crippen LogP contribution in [0.15, 0.2) is 54.6 Å². The van der Waals surface area contributed by atoms with Gasteiger partial charge in [0, 0.05) is 5.69 Å². The van der Waals surface area contributed by atoms with Crippen LogP contribution in [0, 0.1) is 0 Å². The summed E-state index contributed by atoms with van der Waals surface area (Å²) >= 11 is 4.44. The van der Waals surface area contributed by atoms with Crippen molar-refractivity contribution in [3.05, 3.63) is 65.7 Å². The predicted molar refractivity (Wildman–Crippen MR) is 92.0 cm³/mol. The Bertz CT molecular complexity index is 583. The van der Waals surface area contributed by atoms with Crippen molar-refractivity contribution in [2.45, 2.75) is 31.4 Å². The number of nitrogens with one attached hydrogen (secondary N) is 1. The van der Waals surface area contributed by atoms with E-state index in [1.165, 1.54) is 5.56 Å². The number of anilines is 1. The highest BCUT2D eigenvalue weighted by Crippen LogP contribution is 2.18. The van der Waals surface area contributed by atoms with Crippen molar-refractivity contribution < 1.29 is 4.79 Å². The number of hydrogen-bond acceptors (Lipinski definition) is 2. The third-order valence-electron chi connectivity index (χ3n) is 3.37. The topological polar surface area (TPSA) is 29.1 Å².